The summed E-state index contributed by atoms with van der Waals surface area (Å²) in [5.41, 5.74) is 0.580. The molecule has 0 atom stereocenters. The number of carbonyl (C=O) groups excluding carboxylic acids is 1. The minimum Gasteiger partial charge on any atom is -0.324 e. The smallest absolute Gasteiger partial charge is 0.252 e. The van der Waals surface area contributed by atoms with Gasteiger partial charge in [0.1, 0.15) is 4.21 Å². The van der Waals surface area contributed by atoms with E-state index in [1.165, 1.54) is 15.6 Å². The first-order chi connectivity index (χ1) is 12.5. The molecule has 1 aromatic heterocycles. The van der Waals surface area contributed by atoms with Crippen LogP contribution in [-0.2, 0) is 14.8 Å². The van der Waals surface area contributed by atoms with Gasteiger partial charge in [-0.05, 0) is 36.5 Å². The van der Waals surface area contributed by atoms with Crippen molar-refractivity contribution in [2.45, 2.75) is 10.6 Å². The van der Waals surface area contributed by atoms with Crippen LogP contribution in [-0.4, -0.2) is 56.3 Å². The van der Waals surface area contributed by atoms with Crippen molar-refractivity contribution in [2.75, 3.05) is 38.0 Å². The van der Waals surface area contributed by atoms with Crippen molar-refractivity contribution < 1.29 is 13.2 Å². The lowest BCUT2D eigenvalue weighted by atomic mass is 10.3. The molecule has 1 fully saturated rings. The van der Waals surface area contributed by atoms with Crippen LogP contribution in [0.5, 0.6) is 0 Å². The number of hydrogen-bond acceptors (Lipinski definition) is 5. The fourth-order valence-corrected chi connectivity index (χ4v) is 5.64. The standard InChI is InChI=1S/C17H20ClN3O3S2/c18-14-5-1-2-6-15(14)19-16(22)13-20-8-4-9-21(11-10-20)26(23,24)17-7-3-12-25-17/h1-3,5-7,12H,4,8-11,13H2,(H,19,22). The minimum absolute atomic E-state index is 0.160. The van der Waals surface area contributed by atoms with Crippen LogP contribution in [0.3, 0.4) is 0 Å². The maximum absolute atomic E-state index is 12.6. The van der Waals surface area contributed by atoms with E-state index in [1.807, 2.05) is 4.90 Å². The molecule has 0 spiro atoms. The highest BCUT2D eigenvalue weighted by Crippen LogP contribution is 2.22. The van der Waals surface area contributed by atoms with Gasteiger partial charge >= 0.3 is 0 Å². The number of nitrogens with one attached hydrogen (secondary N) is 1. The number of thiophene rings is 1. The molecule has 0 aliphatic carbocycles. The average Bonchev–Trinajstić information content (AvgIpc) is 3.05. The number of halogens is 1. The van der Waals surface area contributed by atoms with Gasteiger partial charge in [-0.3, -0.25) is 9.69 Å². The Labute approximate surface area is 162 Å². The fourth-order valence-electron chi connectivity index (χ4n) is 2.84. The summed E-state index contributed by atoms with van der Waals surface area (Å²) in [6, 6.07) is 10.4. The predicted octanol–water partition coefficient (Wildman–Crippen LogP) is 2.74. The van der Waals surface area contributed by atoms with Gasteiger partial charge in [-0.25, -0.2) is 8.42 Å². The van der Waals surface area contributed by atoms with E-state index in [0.717, 1.165) is 0 Å². The van der Waals surface area contributed by atoms with Gasteiger partial charge in [0.05, 0.1) is 17.3 Å². The molecule has 1 aliphatic heterocycles. The molecule has 140 valence electrons. The van der Waals surface area contributed by atoms with Crippen LogP contribution in [0, 0.1) is 0 Å². The van der Waals surface area contributed by atoms with Crippen LogP contribution in [0.2, 0.25) is 5.02 Å². The number of anilines is 1. The molecule has 1 aliphatic rings. The number of amides is 1. The molecule has 9 heteroatoms. The van der Waals surface area contributed by atoms with Crippen molar-refractivity contribution >= 4 is 44.6 Å². The summed E-state index contributed by atoms with van der Waals surface area (Å²) in [5, 5.41) is 5.05. The summed E-state index contributed by atoms with van der Waals surface area (Å²) in [4.78, 5) is 14.2. The predicted molar refractivity (Wildman–Crippen MR) is 104 cm³/mol. The summed E-state index contributed by atoms with van der Waals surface area (Å²) in [5.74, 6) is -0.160. The summed E-state index contributed by atoms with van der Waals surface area (Å²) in [6.07, 6.45) is 0.685. The SMILES string of the molecule is O=C(CN1CCCN(S(=O)(=O)c2cccs2)CC1)Nc1ccccc1Cl. The van der Waals surface area contributed by atoms with Crippen molar-refractivity contribution in [3.63, 3.8) is 0 Å². The van der Waals surface area contributed by atoms with Crippen LogP contribution >= 0.6 is 22.9 Å². The topological polar surface area (TPSA) is 69.7 Å². The van der Waals surface area contributed by atoms with E-state index in [-0.39, 0.29) is 12.5 Å². The van der Waals surface area contributed by atoms with Gasteiger partial charge in [0.15, 0.2) is 0 Å². The Morgan fingerprint density at radius 1 is 1.12 bits per heavy atom. The highest BCUT2D eigenvalue weighted by molar-refractivity contribution is 7.91. The lowest BCUT2D eigenvalue weighted by molar-refractivity contribution is -0.117. The molecule has 6 nitrogen and oxygen atoms in total. The molecule has 26 heavy (non-hydrogen) atoms. The summed E-state index contributed by atoms with van der Waals surface area (Å²) >= 11 is 7.28. The van der Waals surface area contributed by atoms with Gasteiger partial charge in [0.2, 0.25) is 5.91 Å². The normalized spacial score (nSPS) is 17.0. The van der Waals surface area contributed by atoms with Gasteiger partial charge in [-0.1, -0.05) is 29.8 Å². The molecule has 0 radical (unpaired) electrons. The van der Waals surface area contributed by atoms with Gasteiger partial charge in [-0.15, -0.1) is 11.3 Å². The third kappa shape index (κ3) is 4.63. The second-order valence-electron chi connectivity index (χ2n) is 5.99. The van der Waals surface area contributed by atoms with Crippen molar-refractivity contribution in [1.29, 1.82) is 0 Å². The Balaban J connectivity index is 1.57. The van der Waals surface area contributed by atoms with Crippen LogP contribution in [0.1, 0.15) is 6.42 Å². The Bertz CT molecular complexity index is 856. The first kappa shape index (κ1) is 19.3. The van der Waals surface area contributed by atoms with Crippen molar-refractivity contribution in [1.82, 2.24) is 9.21 Å². The number of nitrogens with zero attached hydrogens (tertiary/aromatic N) is 2. The molecule has 0 bridgehead atoms. The Morgan fingerprint density at radius 3 is 2.65 bits per heavy atom. The lowest BCUT2D eigenvalue weighted by Gasteiger charge is -2.21. The number of carbonyl (C=O) groups is 1. The number of benzene rings is 1. The van der Waals surface area contributed by atoms with Gasteiger partial charge in [0.25, 0.3) is 10.0 Å². The van der Waals surface area contributed by atoms with E-state index in [9.17, 15) is 13.2 Å². The van der Waals surface area contributed by atoms with Gasteiger partial charge in [0, 0.05) is 19.6 Å². The molecule has 1 N–H and O–H groups in total. The van der Waals surface area contributed by atoms with Crippen LogP contribution in [0.25, 0.3) is 0 Å². The largest absolute Gasteiger partial charge is 0.324 e. The molecule has 0 unspecified atom stereocenters. The van der Waals surface area contributed by atoms with Gasteiger partial charge < -0.3 is 5.32 Å². The molecule has 1 saturated heterocycles. The Morgan fingerprint density at radius 2 is 1.92 bits per heavy atom. The third-order valence-corrected chi connectivity index (χ3v) is 7.75. The van der Waals surface area contributed by atoms with Gasteiger partial charge in [-0.2, -0.15) is 4.31 Å². The maximum atomic E-state index is 12.6. The van der Waals surface area contributed by atoms with Crippen LogP contribution < -0.4 is 5.32 Å². The Hall–Kier alpha value is -1.45. The molecule has 1 amide bonds. The maximum Gasteiger partial charge on any atom is 0.252 e. The summed E-state index contributed by atoms with van der Waals surface area (Å²) in [6.45, 7) is 2.23. The molecular formula is C17H20ClN3O3S2. The molecular weight excluding hydrogens is 394 g/mol. The zero-order valence-electron chi connectivity index (χ0n) is 14.1. The average molecular weight is 414 g/mol. The number of rotatable bonds is 5. The van der Waals surface area contributed by atoms with Crippen molar-refractivity contribution in [2.24, 2.45) is 0 Å². The highest BCUT2D eigenvalue weighted by atomic mass is 35.5. The zero-order chi connectivity index (χ0) is 18.6. The second-order valence-corrected chi connectivity index (χ2v) is 9.51. The fraction of sp³-hybridized carbons (Fsp3) is 0.353. The van der Waals surface area contributed by atoms with E-state index in [2.05, 4.69) is 5.32 Å². The van der Waals surface area contributed by atoms with Crippen LogP contribution in [0.4, 0.5) is 5.69 Å². The summed E-state index contributed by atoms with van der Waals surface area (Å²) < 4.78 is 27.1. The first-order valence-corrected chi connectivity index (χ1v) is 11.0. The van der Waals surface area contributed by atoms with E-state index in [0.29, 0.717) is 47.5 Å². The van der Waals surface area contributed by atoms with Crippen LogP contribution in [0.15, 0.2) is 46.0 Å². The summed E-state index contributed by atoms with van der Waals surface area (Å²) in [7, 11) is -3.44. The number of hydrogen-bond donors (Lipinski definition) is 1. The molecule has 3 rings (SSSR count). The third-order valence-electron chi connectivity index (χ3n) is 4.15. The lowest BCUT2D eigenvalue weighted by Crippen LogP contribution is -2.37. The first-order valence-electron chi connectivity index (χ1n) is 8.27. The van der Waals surface area contributed by atoms with E-state index >= 15 is 0 Å². The van der Waals surface area contributed by atoms with Crippen molar-refractivity contribution in [3.05, 3.63) is 46.8 Å². The van der Waals surface area contributed by atoms with E-state index < -0.39 is 10.0 Å². The molecule has 0 saturated carbocycles. The second kappa shape index (κ2) is 8.49. The molecule has 2 heterocycles. The highest BCUT2D eigenvalue weighted by Gasteiger charge is 2.28. The Kier molecular flexibility index (Phi) is 6.31. The van der Waals surface area contributed by atoms with E-state index in [1.54, 1.807) is 41.8 Å². The quantitative estimate of drug-likeness (QED) is 0.818. The minimum atomic E-state index is -3.44. The number of sulfonamides is 1. The van der Waals surface area contributed by atoms with E-state index in [4.69, 9.17) is 11.6 Å². The number of para-hydroxylation sites is 1. The molecule has 2 aromatic rings. The monoisotopic (exact) mass is 413 g/mol. The molecule has 1 aromatic carbocycles. The zero-order valence-corrected chi connectivity index (χ0v) is 16.5. The van der Waals surface area contributed by atoms with Crippen molar-refractivity contribution in [3.8, 4) is 0 Å².